The zero-order valence-electron chi connectivity index (χ0n) is 22.5. The molecule has 3 aromatic rings. The number of carbonyl (C=O) groups excluding carboxylic acids is 1. The summed E-state index contributed by atoms with van der Waals surface area (Å²) in [6, 6.07) is 16.5. The number of carbonyl (C=O) groups is 1. The zero-order valence-corrected chi connectivity index (χ0v) is 25.0. The molecule has 0 fully saturated rings. The number of halogens is 1. The number of methoxy groups -OCH3 is 1. The largest absolute Gasteiger partial charge is 0.467 e. The minimum absolute atomic E-state index is 0.147. The van der Waals surface area contributed by atoms with Gasteiger partial charge in [-0.25, -0.2) is 13.2 Å². The van der Waals surface area contributed by atoms with Crippen LogP contribution < -0.4 is 4.31 Å². The third kappa shape index (κ3) is 6.08. The lowest BCUT2D eigenvalue weighted by Crippen LogP contribution is -2.31. The smallest absolute Gasteiger partial charge is 0.339 e. The van der Waals surface area contributed by atoms with Crippen LogP contribution in [0.5, 0.6) is 0 Å². The van der Waals surface area contributed by atoms with Gasteiger partial charge in [-0.15, -0.1) is 0 Å². The van der Waals surface area contributed by atoms with Crippen molar-refractivity contribution in [1.29, 1.82) is 0 Å². The Hall–Kier alpha value is -2.68. The van der Waals surface area contributed by atoms with E-state index in [4.69, 9.17) is 9.47 Å². The standard InChI is InChI=1S/C29H34BrNO5S/c1-18-13-15-21(16-14-18)25-19(2)17-23(31(7)37(33,34)24-12-10-9-11-22(24)30)20(3)26(25)27(28(32)35-8)36-29(4,5)6/h9-17,27H,1-8H3/t27-/m0/s1. The Balaban J connectivity index is 2.36. The van der Waals surface area contributed by atoms with Crippen LogP contribution in [0, 0.1) is 20.8 Å². The normalized spacial score (nSPS) is 12.8. The number of ether oxygens (including phenoxy) is 2. The molecule has 3 rings (SSSR count). The molecule has 1 atom stereocenters. The van der Waals surface area contributed by atoms with Gasteiger partial charge in [0.25, 0.3) is 10.0 Å². The van der Waals surface area contributed by atoms with Crippen LogP contribution in [0.3, 0.4) is 0 Å². The molecular formula is C29H34BrNO5S. The maximum absolute atomic E-state index is 13.7. The fourth-order valence-electron chi connectivity index (χ4n) is 4.30. The van der Waals surface area contributed by atoms with Crippen LogP contribution in [-0.2, 0) is 24.3 Å². The van der Waals surface area contributed by atoms with E-state index in [9.17, 15) is 13.2 Å². The fraction of sp³-hybridized carbons (Fsp3) is 0.345. The number of benzene rings is 3. The molecule has 6 nitrogen and oxygen atoms in total. The van der Waals surface area contributed by atoms with Gasteiger partial charge in [-0.2, -0.15) is 0 Å². The highest BCUT2D eigenvalue weighted by Gasteiger charge is 2.35. The van der Waals surface area contributed by atoms with Gasteiger partial charge in [-0.1, -0.05) is 42.0 Å². The number of rotatable bonds is 7. The van der Waals surface area contributed by atoms with Crippen molar-refractivity contribution in [3.05, 3.63) is 81.3 Å². The number of aryl methyl sites for hydroxylation is 2. The summed E-state index contributed by atoms with van der Waals surface area (Å²) in [5.41, 5.74) is 4.58. The summed E-state index contributed by atoms with van der Waals surface area (Å²) in [6.45, 7) is 11.3. The Labute approximate surface area is 228 Å². The van der Waals surface area contributed by atoms with E-state index in [0.29, 0.717) is 21.3 Å². The quantitative estimate of drug-likeness (QED) is 0.281. The molecular weight excluding hydrogens is 554 g/mol. The van der Waals surface area contributed by atoms with Crippen LogP contribution >= 0.6 is 15.9 Å². The van der Waals surface area contributed by atoms with Crippen LogP contribution in [0.2, 0.25) is 0 Å². The molecule has 0 spiro atoms. The van der Waals surface area contributed by atoms with Crippen molar-refractivity contribution in [3.8, 4) is 11.1 Å². The highest BCUT2D eigenvalue weighted by molar-refractivity contribution is 9.10. The first kappa shape index (κ1) is 28.9. The predicted octanol–water partition coefficient (Wildman–Crippen LogP) is 6.90. The van der Waals surface area contributed by atoms with Crippen LogP contribution in [0.4, 0.5) is 5.69 Å². The maximum Gasteiger partial charge on any atom is 0.339 e. The molecule has 37 heavy (non-hydrogen) atoms. The van der Waals surface area contributed by atoms with Gasteiger partial charge in [0.15, 0.2) is 6.10 Å². The number of nitrogens with zero attached hydrogens (tertiary/aromatic N) is 1. The second-order valence-corrected chi connectivity index (χ2v) is 12.8. The number of anilines is 1. The van der Waals surface area contributed by atoms with Crippen molar-refractivity contribution in [2.45, 2.75) is 58.1 Å². The molecule has 198 valence electrons. The summed E-state index contributed by atoms with van der Waals surface area (Å²) >= 11 is 3.37. The average Bonchev–Trinajstić information content (AvgIpc) is 2.83. The Morgan fingerprint density at radius 3 is 2.14 bits per heavy atom. The molecule has 0 aliphatic carbocycles. The third-order valence-corrected chi connectivity index (χ3v) is 8.89. The lowest BCUT2D eigenvalue weighted by atomic mass is 9.87. The molecule has 0 unspecified atom stereocenters. The molecule has 0 bridgehead atoms. The van der Waals surface area contributed by atoms with Gasteiger partial charge in [-0.05, 0) is 97.9 Å². The summed E-state index contributed by atoms with van der Waals surface area (Å²) in [7, 11) is -1.08. The van der Waals surface area contributed by atoms with Crippen LogP contribution in [0.15, 0.2) is 64.0 Å². The molecule has 0 amide bonds. The van der Waals surface area contributed by atoms with Crippen molar-refractivity contribution in [2.75, 3.05) is 18.5 Å². The van der Waals surface area contributed by atoms with Crippen molar-refractivity contribution < 1.29 is 22.7 Å². The first-order valence-corrected chi connectivity index (χ1v) is 14.1. The van der Waals surface area contributed by atoms with Crippen molar-refractivity contribution in [2.24, 2.45) is 0 Å². The molecule has 0 aliphatic rings. The molecule has 8 heteroatoms. The van der Waals surface area contributed by atoms with Gasteiger partial charge in [-0.3, -0.25) is 4.31 Å². The minimum atomic E-state index is -3.92. The minimum Gasteiger partial charge on any atom is -0.467 e. The molecule has 0 N–H and O–H groups in total. The summed E-state index contributed by atoms with van der Waals surface area (Å²) in [5.74, 6) is -0.556. The molecule has 0 radical (unpaired) electrons. The van der Waals surface area contributed by atoms with E-state index in [1.54, 1.807) is 24.3 Å². The van der Waals surface area contributed by atoms with Gasteiger partial charge < -0.3 is 9.47 Å². The van der Waals surface area contributed by atoms with E-state index >= 15 is 0 Å². The van der Waals surface area contributed by atoms with E-state index in [2.05, 4.69) is 15.9 Å². The first-order chi connectivity index (χ1) is 17.2. The Morgan fingerprint density at radius 1 is 1.00 bits per heavy atom. The molecule has 0 aliphatic heterocycles. The van der Waals surface area contributed by atoms with Gasteiger partial charge in [0.05, 0.1) is 18.4 Å². The second-order valence-electron chi connectivity index (χ2n) is 10.0. The summed E-state index contributed by atoms with van der Waals surface area (Å²) in [6.07, 6.45) is -1.07. The Kier molecular flexibility index (Phi) is 8.57. The average molecular weight is 589 g/mol. The summed E-state index contributed by atoms with van der Waals surface area (Å²) < 4.78 is 40.5. The summed E-state index contributed by atoms with van der Waals surface area (Å²) in [5, 5.41) is 0. The second kappa shape index (κ2) is 11.0. The van der Waals surface area contributed by atoms with E-state index in [1.165, 1.54) is 18.5 Å². The number of esters is 1. The lowest BCUT2D eigenvalue weighted by Gasteiger charge is -2.32. The van der Waals surface area contributed by atoms with Crippen LogP contribution in [-0.4, -0.2) is 34.1 Å². The Bertz CT molecular complexity index is 1410. The SMILES string of the molecule is COC(=O)[C@@H](OC(C)(C)C)c1c(C)c(N(C)S(=O)(=O)c2ccccc2Br)cc(C)c1-c1ccc(C)cc1. The van der Waals surface area contributed by atoms with Gasteiger partial charge >= 0.3 is 5.97 Å². The number of hydrogen-bond acceptors (Lipinski definition) is 5. The number of sulfonamides is 1. The highest BCUT2D eigenvalue weighted by atomic mass is 79.9. The van der Waals surface area contributed by atoms with E-state index < -0.39 is 27.7 Å². The highest BCUT2D eigenvalue weighted by Crippen LogP contribution is 2.43. The molecule has 0 saturated heterocycles. The Morgan fingerprint density at radius 2 is 1.59 bits per heavy atom. The van der Waals surface area contributed by atoms with Crippen molar-refractivity contribution >= 4 is 37.6 Å². The fourth-order valence-corrected chi connectivity index (χ4v) is 6.51. The van der Waals surface area contributed by atoms with Gasteiger partial charge in [0.1, 0.15) is 4.90 Å². The van der Waals surface area contributed by atoms with Crippen LogP contribution in [0.25, 0.3) is 11.1 Å². The molecule has 0 saturated carbocycles. The monoisotopic (exact) mass is 587 g/mol. The predicted molar refractivity (Wildman–Crippen MR) is 151 cm³/mol. The van der Waals surface area contributed by atoms with Crippen molar-refractivity contribution in [3.63, 3.8) is 0 Å². The van der Waals surface area contributed by atoms with Crippen molar-refractivity contribution in [1.82, 2.24) is 0 Å². The van der Waals surface area contributed by atoms with E-state index in [-0.39, 0.29) is 4.90 Å². The van der Waals surface area contributed by atoms with Gasteiger partial charge in [0, 0.05) is 17.1 Å². The van der Waals surface area contributed by atoms with Gasteiger partial charge in [0.2, 0.25) is 0 Å². The molecule has 3 aromatic carbocycles. The van der Waals surface area contributed by atoms with Crippen LogP contribution in [0.1, 0.15) is 49.1 Å². The molecule has 0 aromatic heterocycles. The lowest BCUT2D eigenvalue weighted by molar-refractivity contribution is -0.164. The zero-order chi connectivity index (χ0) is 27.7. The number of hydrogen-bond donors (Lipinski definition) is 0. The topological polar surface area (TPSA) is 72.9 Å². The summed E-state index contributed by atoms with van der Waals surface area (Å²) in [4.78, 5) is 13.3. The third-order valence-electron chi connectivity index (χ3n) is 6.11. The first-order valence-electron chi connectivity index (χ1n) is 11.9. The van der Waals surface area contributed by atoms with E-state index in [1.807, 2.05) is 71.9 Å². The van der Waals surface area contributed by atoms with E-state index in [0.717, 1.165) is 22.3 Å². The molecule has 0 heterocycles. The maximum atomic E-state index is 13.7.